The van der Waals surface area contributed by atoms with Crippen molar-refractivity contribution in [2.24, 2.45) is 58.3 Å². The summed E-state index contributed by atoms with van der Waals surface area (Å²) in [6.45, 7) is 14.3. The van der Waals surface area contributed by atoms with Crippen LogP contribution in [-0.4, -0.2) is 219 Å². The summed E-state index contributed by atoms with van der Waals surface area (Å²) in [5, 5.41) is 11.7. The molecule has 0 saturated carbocycles. The normalized spacial score (nSPS) is 13.7. The number of benzene rings is 7. The lowest BCUT2D eigenvalue weighted by molar-refractivity contribution is -0.130. The molecule has 0 aliphatic carbocycles. The second kappa shape index (κ2) is 60.9. The number of aryl methyl sites for hydroxylation is 2. The third kappa shape index (κ3) is 42.8. The number of Topliss-reactive ketones (excluding diaryl/α,β-unsaturated/α-hetero) is 4. The van der Waals surface area contributed by atoms with E-state index in [0.717, 1.165) is 77.5 Å². The lowest BCUT2D eigenvalue weighted by Crippen LogP contribution is -2.51. The van der Waals surface area contributed by atoms with Crippen LogP contribution in [-0.2, 0) is 111 Å². The van der Waals surface area contributed by atoms with Crippen molar-refractivity contribution in [3.63, 3.8) is 0 Å². The zero-order chi connectivity index (χ0) is 98.8. The first-order valence-electron chi connectivity index (χ1n) is 46.8. The summed E-state index contributed by atoms with van der Waals surface area (Å²) >= 11 is 0. The van der Waals surface area contributed by atoms with Gasteiger partial charge in [0.2, 0.25) is 63.7 Å². The van der Waals surface area contributed by atoms with Crippen LogP contribution in [0.15, 0.2) is 210 Å². The molecule has 0 spiro atoms. The summed E-state index contributed by atoms with van der Waals surface area (Å²) < 4.78 is 111. The SMILES string of the molecule is CC(=O)C(Cc1ccccc1)NC(=O)CN(CC(CCCCN)NC(=O)C(CCCCN)CC(C)C)S(=O)(=O)c1ccc(C)cc1.CC(=O)CN(CC(CC(=O)C(CCCCN)NC(=O)CN(C)S(=O)(=O)CCN)Cc1ccccc1)S(=O)(=O)c1ccc(C)cc1.CCC(Cc1ccccc1)CN(CC(=O)CC(Cc1ccccc1)C(=O)NC(CC)Cc1ccccc1)S(=O)(=O)CCN. The van der Waals surface area contributed by atoms with E-state index in [2.05, 4.69) is 35.1 Å². The maximum Gasteiger partial charge on any atom is 0.243 e. The molecule has 738 valence electrons. The number of carbonyl (C=O) groups excluding carboxylic acids is 8. The van der Waals surface area contributed by atoms with E-state index in [1.807, 2.05) is 179 Å². The molecule has 0 radical (unpaired) electrons. The third-order valence-electron chi connectivity index (χ3n) is 23.1. The zero-order valence-electron chi connectivity index (χ0n) is 79.9. The quantitative estimate of drug-likeness (QED) is 0.0160. The molecular formula is C101H149N13O16S4. The number of carbonyl (C=O) groups is 8. The van der Waals surface area contributed by atoms with Gasteiger partial charge in [0.25, 0.3) is 0 Å². The van der Waals surface area contributed by atoms with Crippen LogP contribution < -0.4 is 49.9 Å². The summed E-state index contributed by atoms with van der Waals surface area (Å²) in [5.41, 5.74) is 34.8. The molecular weight excluding hydrogens is 1780 g/mol. The van der Waals surface area contributed by atoms with E-state index >= 15 is 0 Å². The van der Waals surface area contributed by atoms with Gasteiger partial charge >= 0.3 is 0 Å². The van der Waals surface area contributed by atoms with E-state index in [1.165, 1.54) is 49.5 Å². The van der Waals surface area contributed by atoms with E-state index in [1.54, 1.807) is 24.3 Å². The molecule has 33 heteroatoms. The molecule has 0 aliphatic heterocycles. The molecule has 8 atom stereocenters. The monoisotopic (exact) mass is 1930 g/mol. The number of rotatable bonds is 62. The maximum absolute atomic E-state index is 14.0. The lowest BCUT2D eigenvalue weighted by Gasteiger charge is -2.29. The van der Waals surface area contributed by atoms with Crippen molar-refractivity contribution in [1.29, 1.82) is 0 Å². The number of ketones is 4. The number of amides is 4. The molecule has 134 heavy (non-hydrogen) atoms. The molecule has 8 unspecified atom stereocenters. The summed E-state index contributed by atoms with van der Waals surface area (Å²) in [4.78, 5) is 106. The van der Waals surface area contributed by atoms with Crippen molar-refractivity contribution >= 4 is 86.9 Å². The number of likely N-dealkylation sites (N-methyl/N-ethyl adjacent to an activating group) is 1. The first-order chi connectivity index (χ1) is 63.8. The third-order valence-corrected chi connectivity index (χ3v) is 30.4. The first-order valence-corrected chi connectivity index (χ1v) is 52.9. The van der Waals surface area contributed by atoms with Crippen LogP contribution in [0.2, 0.25) is 0 Å². The molecule has 7 aromatic rings. The number of hydrogen-bond donors (Lipinski definition) is 9. The molecule has 0 bridgehead atoms. The molecule has 14 N–H and O–H groups in total. The summed E-state index contributed by atoms with van der Waals surface area (Å²) in [6, 6.07) is 58.6. The van der Waals surface area contributed by atoms with Gasteiger partial charge in [-0.05, 0) is 207 Å². The fourth-order valence-corrected chi connectivity index (χ4v) is 20.9. The van der Waals surface area contributed by atoms with Gasteiger partial charge in [0.1, 0.15) is 11.6 Å². The minimum atomic E-state index is -4.15. The van der Waals surface area contributed by atoms with Crippen molar-refractivity contribution in [3.8, 4) is 0 Å². The van der Waals surface area contributed by atoms with Crippen molar-refractivity contribution in [1.82, 2.24) is 38.5 Å². The Morgan fingerprint density at radius 1 is 0.373 bits per heavy atom. The fourth-order valence-electron chi connectivity index (χ4n) is 15.6. The number of sulfonamides is 4. The largest absolute Gasteiger partial charge is 0.353 e. The average molecular weight is 1930 g/mol. The van der Waals surface area contributed by atoms with E-state index in [4.69, 9.17) is 28.7 Å². The average Bonchev–Trinajstić information content (AvgIpc) is 0.801. The highest BCUT2D eigenvalue weighted by Crippen LogP contribution is 2.27. The number of nitrogens with two attached hydrogens (primary N) is 5. The Kier molecular flexibility index (Phi) is 52.3. The Hall–Kier alpha value is -9.46. The van der Waals surface area contributed by atoms with Gasteiger partial charge in [0.15, 0.2) is 11.6 Å². The number of hydrogen-bond acceptors (Lipinski definition) is 21. The van der Waals surface area contributed by atoms with Gasteiger partial charge in [-0.3, -0.25) is 38.4 Å². The predicted octanol–water partition coefficient (Wildman–Crippen LogP) is 9.74. The van der Waals surface area contributed by atoms with Gasteiger partial charge in [-0.15, -0.1) is 0 Å². The standard InChI is InChI=1S/C35H55N5O5S.C35H47N3O4S.C31H47N5O7S2/c1-26(2)22-30(14-8-10-20-36)35(43)38-31(15-9-11-21-37)24-40(46(44,45)32-18-16-27(3)17-19-32)25-34(42)39-33(28(4)41)23-29-12-6-5-7-13-29;1-3-28(22-29-14-8-5-9-15-29)26-38(43(41,42)21-20-36)27-34(39)25-32(23-30-16-10-6-11-17-30)35(40)37-33(4-2)24-31-18-12-7-13-19-31;1-24-12-14-28(15-13-24)45(42,43)36(21-25(2)37)22-27(19-26-9-5-4-6-10-26)20-30(38)29(11-7-8-16-32)34-31(39)23-35(3)44(40,41)18-17-33/h5-7,12-13,16-19,26,30-31,33H,8-11,14-15,20-25,36-37H2,1-4H3,(H,38,43)(H,39,42);5-19,28,32-33H,3-4,20-27,36H2,1-2H3,(H,37,40);4-6,9-10,12-15,27,29H,7-8,11,16-23,32-33H2,1-3H3,(H,34,39). The van der Waals surface area contributed by atoms with Crippen LogP contribution >= 0.6 is 0 Å². The van der Waals surface area contributed by atoms with E-state index < -0.39 is 95.0 Å². The molecule has 0 aliphatic rings. The minimum Gasteiger partial charge on any atom is -0.353 e. The Balaban J connectivity index is 0.000000355. The Morgan fingerprint density at radius 2 is 0.776 bits per heavy atom. The fraction of sp³-hybridized carbons (Fsp3) is 0.505. The lowest BCUT2D eigenvalue weighted by atomic mass is 9.90. The smallest absolute Gasteiger partial charge is 0.243 e. The highest BCUT2D eigenvalue weighted by atomic mass is 32.2. The van der Waals surface area contributed by atoms with Crippen molar-refractivity contribution in [2.75, 3.05) is 97.1 Å². The number of nitrogens with zero attached hydrogens (tertiary/aromatic N) is 4. The topological polar surface area (TPSA) is 464 Å². The van der Waals surface area contributed by atoms with E-state index in [9.17, 15) is 72.0 Å². The van der Waals surface area contributed by atoms with Gasteiger partial charge in [0.05, 0.1) is 59.6 Å². The number of unbranched alkanes of at least 4 members (excludes halogenated alkanes) is 3. The van der Waals surface area contributed by atoms with Crippen molar-refractivity contribution < 1.29 is 72.0 Å². The second-order valence-corrected chi connectivity index (χ2v) is 43.4. The highest BCUT2D eigenvalue weighted by Gasteiger charge is 2.37. The molecule has 7 aromatic carbocycles. The summed E-state index contributed by atoms with van der Waals surface area (Å²) in [5.74, 6) is -4.35. The van der Waals surface area contributed by atoms with E-state index in [0.29, 0.717) is 96.2 Å². The molecule has 0 fully saturated rings. The Labute approximate surface area is 798 Å². The minimum absolute atomic E-state index is 0.0264. The molecule has 7 rings (SSSR count). The predicted molar refractivity (Wildman–Crippen MR) is 532 cm³/mol. The van der Waals surface area contributed by atoms with Gasteiger partial charge in [-0.1, -0.05) is 234 Å². The molecule has 29 nitrogen and oxygen atoms in total. The van der Waals surface area contributed by atoms with Gasteiger partial charge in [0, 0.05) is 76.5 Å². The van der Waals surface area contributed by atoms with E-state index in [-0.39, 0.29) is 146 Å². The highest BCUT2D eigenvalue weighted by molar-refractivity contribution is 7.90. The summed E-state index contributed by atoms with van der Waals surface area (Å²) in [6.07, 6.45) is 10.1. The van der Waals surface area contributed by atoms with Crippen LogP contribution in [0.5, 0.6) is 0 Å². The summed E-state index contributed by atoms with van der Waals surface area (Å²) in [7, 11) is -14.5. The van der Waals surface area contributed by atoms with Crippen molar-refractivity contribution in [3.05, 3.63) is 239 Å². The van der Waals surface area contributed by atoms with Crippen LogP contribution in [0.4, 0.5) is 0 Å². The Bertz CT molecular complexity index is 5160. The van der Waals surface area contributed by atoms with Gasteiger partial charge < -0.3 is 49.9 Å². The second-order valence-electron chi connectivity index (χ2n) is 35.2. The molecule has 0 saturated heterocycles. The zero-order valence-corrected chi connectivity index (χ0v) is 83.2. The Morgan fingerprint density at radius 3 is 1.22 bits per heavy atom. The maximum atomic E-state index is 14.0. The van der Waals surface area contributed by atoms with Gasteiger partial charge in [-0.25, -0.2) is 33.7 Å². The molecule has 0 aromatic heterocycles. The van der Waals surface area contributed by atoms with Gasteiger partial charge in [-0.2, -0.15) is 17.2 Å². The van der Waals surface area contributed by atoms with Crippen LogP contribution in [0.25, 0.3) is 0 Å². The van der Waals surface area contributed by atoms with Crippen LogP contribution in [0.3, 0.4) is 0 Å². The molecule has 4 amide bonds. The van der Waals surface area contributed by atoms with Crippen molar-refractivity contribution in [2.45, 2.75) is 211 Å². The van der Waals surface area contributed by atoms with Crippen LogP contribution in [0.1, 0.15) is 170 Å². The van der Waals surface area contributed by atoms with Crippen LogP contribution in [0, 0.1) is 43.4 Å². The number of nitrogens with one attached hydrogen (secondary N) is 4. The molecule has 0 heterocycles. The first kappa shape index (κ1) is 115.